The number of rotatable bonds is 4. The van der Waals surface area contributed by atoms with E-state index in [9.17, 15) is 0 Å². The standard InChI is InChI=1S/C10H11N3OS/c11-4-10-13-8(7-15-10)6-14-9-2-1-3-12-5-9/h1-3,5,7H,4,6,11H2. The van der Waals surface area contributed by atoms with Crippen LogP contribution in [-0.2, 0) is 13.2 Å². The van der Waals surface area contributed by atoms with Crippen LogP contribution in [0, 0.1) is 0 Å². The average Bonchev–Trinajstić information content (AvgIpc) is 2.76. The van der Waals surface area contributed by atoms with Gasteiger partial charge in [-0.05, 0) is 12.1 Å². The van der Waals surface area contributed by atoms with Crippen molar-refractivity contribution in [1.29, 1.82) is 0 Å². The van der Waals surface area contributed by atoms with Gasteiger partial charge in [-0.2, -0.15) is 0 Å². The van der Waals surface area contributed by atoms with Crippen molar-refractivity contribution < 1.29 is 4.74 Å². The number of pyridine rings is 1. The van der Waals surface area contributed by atoms with Gasteiger partial charge in [-0.3, -0.25) is 4.98 Å². The SMILES string of the molecule is NCc1nc(COc2cccnc2)cs1. The van der Waals surface area contributed by atoms with Crippen LogP contribution in [-0.4, -0.2) is 9.97 Å². The zero-order chi connectivity index (χ0) is 10.5. The van der Waals surface area contributed by atoms with Crippen LogP contribution in [0.25, 0.3) is 0 Å². The van der Waals surface area contributed by atoms with Gasteiger partial charge in [-0.15, -0.1) is 11.3 Å². The van der Waals surface area contributed by atoms with Crippen molar-refractivity contribution in [2.24, 2.45) is 5.73 Å². The first kappa shape index (κ1) is 10.1. The maximum Gasteiger partial charge on any atom is 0.138 e. The van der Waals surface area contributed by atoms with Gasteiger partial charge in [0.15, 0.2) is 0 Å². The molecular weight excluding hydrogens is 210 g/mol. The molecule has 2 heterocycles. The van der Waals surface area contributed by atoms with Crippen LogP contribution in [0.2, 0.25) is 0 Å². The van der Waals surface area contributed by atoms with Crippen LogP contribution in [0.1, 0.15) is 10.7 Å². The lowest BCUT2D eigenvalue weighted by atomic mass is 10.4. The highest BCUT2D eigenvalue weighted by Gasteiger charge is 2.01. The maximum absolute atomic E-state index is 5.49. The Balaban J connectivity index is 1.93. The van der Waals surface area contributed by atoms with E-state index in [0.29, 0.717) is 13.2 Å². The second-order valence-corrected chi connectivity index (χ2v) is 3.86. The minimum atomic E-state index is 0.461. The normalized spacial score (nSPS) is 10.2. The second-order valence-electron chi connectivity index (χ2n) is 2.91. The third-order valence-electron chi connectivity index (χ3n) is 1.80. The maximum atomic E-state index is 5.49. The molecule has 5 heteroatoms. The molecule has 0 aromatic carbocycles. The Kier molecular flexibility index (Phi) is 3.26. The Morgan fingerprint density at radius 3 is 3.07 bits per heavy atom. The number of hydrogen-bond donors (Lipinski definition) is 1. The van der Waals surface area contributed by atoms with Gasteiger partial charge in [0.25, 0.3) is 0 Å². The summed E-state index contributed by atoms with van der Waals surface area (Å²) in [6.45, 7) is 0.944. The Labute approximate surface area is 91.8 Å². The van der Waals surface area contributed by atoms with E-state index >= 15 is 0 Å². The van der Waals surface area contributed by atoms with Gasteiger partial charge in [0.1, 0.15) is 17.4 Å². The zero-order valence-electron chi connectivity index (χ0n) is 8.09. The van der Waals surface area contributed by atoms with Crippen molar-refractivity contribution in [3.8, 4) is 5.75 Å². The van der Waals surface area contributed by atoms with Gasteiger partial charge < -0.3 is 10.5 Å². The van der Waals surface area contributed by atoms with Crippen molar-refractivity contribution in [3.05, 3.63) is 40.6 Å². The monoisotopic (exact) mass is 221 g/mol. The summed E-state index contributed by atoms with van der Waals surface area (Å²) in [5.74, 6) is 0.750. The van der Waals surface area contributed by atoms with E-state index in [2.05, 4.69) is 9.97 Å². The Bertz CT molecular complexity index is 416. The van der Waals surface area contributed by atoms with Gasteiger partial charge in [-0.25, -0.2) is 4.98 Å². The molecule has 0 aliphatic heterocycles. The van der Waals surface area contributed by atoms with Gasteiger partial charge >= 0.3 is 0 Å². The first-order valence-corrected chi connectivity index (χ1v) is 5.42. The smallest absolute Gasteiger partial charge is 0.138 e. The highest BCUT2D eigenvalue weighted by molar-refractivity contribution is 7.09. The lowest BCUT2D eigenvalue weighted by Gasteiger charge is -2.02. The van der Waals surface area contributed by atoms with Gasteiger partial charge in [-0.1, -0.05) is 0 Å². The van der Waals surface area contributed by atoms with Crippen molar-refractivity contribution in [2.75, 3.05) is 0 Å². The molecule has 0 aliphatic carbocycles. The van der Waals surface area contributed by atoms with E-state index in [1.165, 1.54) is 0 Å². The molecule has 15 heavy (non-hydrogen) atoms. The van der Waals surface area contributed by atoms with E-state index in [-0.39, 0.29) is 0 Å². The first-order valence-electron chi connectivity index (χ1n) is 4.54. The van der Waals surface area contributed by atoms with Crippen LogP contribution >= 0.6 is 11.3 Å². The van der Waals surface area contributed by atoms with Crippen molar-refractivity contribution in [3.63, 3.8) is 0 Å². The summed E-state index contributed by atoms with van der Waals surface area (Å²) < 4.78 is 5.49. The highest BCUT2D eigenvalue weighted by Crippen LogP contribution is 2.12. The van der Waals surface area contributed by atoms with E-state index in [1.54, 1.807) is 23.7 Å². The van der Waals surface area contributed by atoms with E-state index in [4.69, 9.17) is 10.5 Å². The summed E-state index contributed by atoms with van der Waals surface area (Å²) in [5.41, 5.74) is 6.37. The molecule has 4 nitrogen and oxygen atoms in total. The van der Waals surface area contributed by atoms with Crippen LogP contribution in [0.5, 0.6) is 5.75 Å². The van der Waals surface area contributed by atoms with Crippen molar-refractivity contribution >= 4 is 11.3 Å². The first-order chi connectivity index (χ1) is 7.38. The van der Waals surface area contributed by atoms with Gasteiger partial charge in [0.2, 0.25) is 0 Å². The number of ether oxygens (including phenoxy) is 1. The fourth-order valence-corrected chi connectivity index (χ4v) is 1.76. The molecule has 78 valence electrons. The van der Waals surface area contributed by atoms with Gasteiger partial charge in [0.05, 0.1) is 11.9 Å². The van der Waals surface area contributed by atoms with Crippen LogP contribution in [0.4, 0.5) is 0 Å². The molecule has 0 radical (unpaired) electrons. The number of aromatic nitrogens is 2. The van der Waals surface area contributed by atoms with E-state index in [1.807, 2.05) is 17.5 Å². The molecule has 0 fully saturated rings. The Morgan fingerprint density at radius 2 is 2.40 bits per heavy atom. The minimum absolute atomic E-state index is 0.461. The third-order valence-corrected chi connectivity index (χ3v) is 2.72. The third kappa shape index (κ3) is 2.74. The number of nitrogens with zero attached hydrogens (tertiary/aromatic N) is 2. The summed E-state index contributed by atoms with van der Waals surface area (Å²) in [5, 5.41) is 2.89. The molecule has 2 N–H and O–H groups in total. The molecule has 0 amide bonds. The fourth-order valence-electron chi connectivity index (χ4n) is 1.10. The molecule has 0 aliphatic rings. The molecule has 0 unspecified atom stereocenters. The predicted octanol–water partition coefficient (Wildman–Crippen LogP) is 1.58. The van der Waals surface area contributed by atoms with Crippen LogP contribution in [0.15, 0.2) is 29.9 Å². The molecule has 0 saturated carbocycles. The predicted molar refractivity (Wildman–Crippen MR) is 58.6 cm³/mol. The summed E-state index contributed by atoms with van der Waals surface area (Å²) in [6, 6.07) is 3.70. The fraction of sp³-hybridized carbons (Fsp3) is 0.200. The number of nitrogens with two attached hydrogens (primary N) is 1. The molecule has 2 aromatic heterocycles. The number of thiazole rings is 1. The Hall–Kier alpha value is -1.46. The van der Waals surface area contributed by atoms with Crippen molar-refractivity contribution in [2.45, 2.75) is 13.2 Å². The molecule has 2 rings (SSSR count). The Morgan fingerprint density at radius 1 is 1.47 bits per heavy atom. The number of hydrogen-bond acceptors (Lipinski definition) is 5. The second kappa shape index (κ2) is 4.86. The summed E-state index contributed by atoms with van der Waals surface area (Å²) in [6.07, 6.45) is 3.39. The highest BCUT2D eigenvalue weighted by atomic mass is 32.1. The topological polar surface area (TPSA) is 61.0 Å². The molecule has 2 aromatic rings. The lowest BCUT2D eigenvalue weighted by Crippen LogP contribution is -1.98. The minimum Gasteiger partial charge on any atom is -0.486 e. The van der Waals surface area contributed by atoms with Crippen LogP contribution < -0.4 is 10.5 Å². The quantitative estimate of drug-likeness (QED) is 0.851. The lowest BCUT2D eigenvalue weighted by molar-refractivity contribution is 0.300. The molecule has 0 saturated heterocycles. The summed E-state index contributed by atoms with van der Waals surface area (Å²) in [7, 11) is 0. The molecular formula is C10H11N3OS. The van der Waals surface area contributed by atoms with Gasteiger partial charge in [0, 0.05) is 18.1 Å². The largest absolute Gasteiger partial charge is 0.486 e. The van der Waals surface area contributed by atoms with Crippen LogP contribution in [0.3, 0.4) is 0 Å². The van der Waals surface area contributed by atoms with Crippen molar-refractivity contribution in [1.82, 2.24) is 9.97 Å². The molecule has 0 atom stereocenters. The summed E-state index contributed by atoms with van der Waals surface area (Å²) >= 11 is 1.55. The zero-order valence-corrected chi connectivity index (χ0v) is 8.91. The summed E-state index contributed by atoms with van der Waals surface area (Å²) in [4.78, 5) is 8.25. The molecule has 0 bridgehead atoms. The molecule has 0 spiro atoms. The van der Waals surface area contributed by atoms with E-state index < -0.39 is 0 Å². The van der Waals surface area contributed by atoms with E-state index in [0.717, 1.165) is 16.5 Å². The average molecular weight is 221 g/mol.